The van der Waals surface area contributed by atoms with Crippen LogP contribution in [-0.4, -0.2) is 22.6 Å². The average molecular weight is 230 g/mol. The first-order valence-electron chi connectivity index (χ1n) is 6.34. The first kappa shape index (κ1) is 10.8. The first-order chi connectivity index (χ1) is 8.34. The van der Waals surface area contributed by atoms with E-state index in [4.69, 9.17) is 4.74 Å². The molecule has 1 atom stereocenters. The highest BCUT2D eigenvalue weighted by Crippen LogP contribution is 2.20. The summed E-state index contributed by atoms with van der Waals surface area (Å²) in [6.45, 7) is 3.95. The van der Waals surface area contributed by atoms with E-state index in [2.05, 4.69) is 34.6 Å². The van der Waals surface area contributed by atoms with E-state index in [1.807, 2.05) is 6.20 Å². The van der Waals surface area contributed by atoms with Crippen molar-refractivity contribution in [2.75, 3.05) is 13.2 Å². The van der Waals surface area contributed by atoms with Crippen molar-refractivity contribution in [1.29, 1.82) is 0 Å². The number of aryl methyl sites for hydroxylation is 1. The molecule has 1 saturated heterocycles. The van der Waals surface area contributed by atoms with Crippen molar-refractivity contribution < 1.29 is 4.74 Å². The minimum absolute atomic E-state index is 0.634. The van der Waals surface area contributed by atoms with Crippen molar-refractivity contribution in [3.63, 3.8) is 0 Å². The molecule has 17 heavy (non-hydrogen) atoms. The number of imidazole rings is 1. The Balaban J connectivity index is 1.87. The molecule has 0 saturated carbocycles. The Labute approximate surface area is 101 Å². The van der Waals surface area contributed by atoms with Gasteiger partial charge in [-0.25, -0.2) is 4.98 Å². The van der Waals surface area contributed by atoms with E-state index in [9.17, 15) is 0 Å². The summed E-state index contributed by atoms with van der Waals surface area (Å²) < 4.78 is 7.74. The minimum atomic E-state index is 0.634. The normalized spacial score (nSPS) is 20.9. The van der Waals surface area contributed by atoms with Crippen molar-refractivity contribution in [3.05, 3.63) is 35.9 Å². The van der Waals surface area contributed by atoms with E-state index >= 15 is 0 Å². The van der Waals surface area contributed by atoms with Crippen molar-refractivity contribution in [2.24, 2.45) is 5.92 Å². The lowest BCUT2D eigenvalue weighted by Crippen LogP contribution is -2.20. The Morgan fingerprint density at radius 2 is 2.47 bits per heavy atom. The van der Waals surface area contributed by atoms with Crippen LogP contribution in [0.25, 0.3) is 5.52 Å². The quantitative estimate of drug-likeness (QED) is 0.792. The fraction of sp³-hybridized carbons (Fsp3) is 0.500. The highest BCUT2D eigenvalue weighted by atomic mass is 16.5. The zero-order chi connectivity index (χ0) is 11.7. The third-order valence-electron chi connectivity index (χ3n) is 3.58. The van der Waals surface area contributed by atoms with Gasteiger partial charge in [0.25, 0.3) is 0 Å². The molecule has 0 spiro atoms. The number of hydrogen-bond donors (Lipinski definition) is 0. The molecule has 0 aromatic carbocycles. The lowest BCUT2D eigenvalue weighted by Gasteiger charge is -2.21. The Morgan fingerprint density at radius 3 is 3.29 bits per heavy atom. The number of ether oxygens (including phenoxy) is 1. The van der Waals surface area contributed by atoms with E-state index < -0.39 is 0 Å². The Bertz CT molecular complexity index is 512. The van der Waals surface area contributed by atoms with Crippen molar-refractivity contribution in [2.45, 2.75) is 26.2 Å². The van der Waals surface area contributed by atoms with Crippen molar-refractivity contribution in [3.8, 4) is 0 Å². The van der Waals surface area contributed by atoms with Crippen LogP contribution in [0.3, 0.4) is 0 Å². The van der Waals surface area contributed by atoms with Gasteiger partial charge in [-0.3, -0.25) is 0 Å². The summed E-state index contributed by atoms with van der Waals surface area (Å²) in [5.74, 6) is 1.80. The van der Waals surface area contributed by atoms with E-state index in [-0.39, 0.29) is 0 Å². The van der Waals surface area contributed by atoms with Crippen molar-refractivity contribution >= 4 is 5.52 Å². The van der Waals surface area contributed by atoms with Crippen LogP contribution in [0.4, 0.5) is 0 Å². The summed E-state index contributed by atoms with van der Waals surface area (Å²) >= 11 is 0. The van der Waals surface area contributed by atoms with E-state index in [1.165, 1.54) is 29.7 Å². The maximum absolute atomic E-state index is 5.53. The zero-order valence-electron chi connectivity index (χ0n) is 10.2. The predicted octanol–water partition coefficient (Wildman–Crippen LogP) is 2.61. The molecule has 0 N–H and O–H groups in total. The molecule has 2 aromatic heterocycles. The van der Waals surface area contributed by atoms with Gasteiger partial charge in [0.2, 0.25) is 0 Å². The Hall–Kier alpha value is -1.35. The smallest absolute Gasteiger partial charge is 0.113 e. The summed E-state index contributed by atoms with van der Waals surface area (Å²) in [6, 6.07) is 4.22. The van der Waals surface area contributed by atoms with Crippen LogP contribution in [0.15, 0.2) is 24.5 Å². The number of fused-ring (bicyclic) bond motifs is 1. The number of rotatable bonds is 2. The van der Waals surface area contributed by atoms with Gasteiger partial charge in [0.1, 0.15) is 5.82 Å². The minimum Gasteiger partial charge on any atom is -0.381 e. The van der Waals surface area contributed by atoms with Crippen LogP contribution in [0.2, 0.25) is 0 Å². The molecule has 0 radical (unpaired) electrons. The molecule has 1 aliphatic rings. The number of hydrogen-bond acceptors (Lipinski definition) is 2. The predicted molar refractivity (Wildman–Crippen MR) is 67.2 cm³/mol. The third-order valence-corrected chi connectivity index (χ3v) is 3.58. The maximum Gasteiger partial charge on any atom is 0.113 e. The molecule has 3 heteroatoms. The lowest BCUT2D eigenvalue weighted by molar-refractivity contribution is 0.0542. The second kappa shape index (κ2) is 4.49. The van der Waals surface area contributed by atoms with Gasteiger partial charge in [0.15, 0.2) is 0 Å². The standard InChI is InChI=1S/C14H18N2O/c1-11-4-2-6-16-13(11)9-15-14(16)8-12-5-3-7-17-10-12/h2,4,6,9,12H,3,5,7-8,10H2,1H3. The summed E-state index contributed by atoms with van der Waals surface area (Å²) in [4.78, 5) is 4.56. The third kappa shape index (κ3) is 2.07. The van der Waals surface area contributed by atoms with Crippen molar-refractivity contribution in [1.82, 2.24) is 9.38 Å². The molecular formula is C14H18N2O. The number of pyridine rings is 1. The molecule has 1 aliphatic heterocycles. The van der Waals surface area contributed by atoms with Gasteiger partial charge in [-0.2, -0.15) is 0 Å². The largest absolute Gasteiger partial charge is 0.381 e. The first-order valence-corrected chi connectivity index (χ1v) is 6.34. The molecule has 0 bridgehead atoms. The molecule has 1 unspecified atom stereocenters. The van der Waals surface area contributed by atoms with Crippen LogP contribution >= 0.6 is 0 Å². The molecule has 1 fully saturated rings. The van der Waals surface area contributed by atoms with E-state index in [1.54, 1.807) is 0 Å². The van der Waals surface area contributed by atoms with Crippen LogP contribution in [0, 0.1) is 12.8 Å². The molecule has 3 heterocycles. The van der Waals surface area contributed by atoms with Gasteiger partial charge >= 0.3 is 0 Å². The van der Waals surface area contributed by atoms with Gasteiger partial charge in [-0.15, -0.1) is 0 Å². The van der Waals surface area contributed by atoms with Gasteiger partial charge in [-0.05, 0) is 37.3 Å². The molecule has 2 aromatic rings. The second-order valence-electron chi connectivity index (χ2n) is 4.91. The molecule has 3 nitrogen and oxygen atoms in total. The molecular weight excluding hydrogens is 212 g/mol. The highest BCUT2D eigenvalue weighted by Gasteiger charge is 2.17. The molecule has 0 aliphatic carbocycles. The summed E-state index contributed by atoms with van der Waals surface area (Å²) in [5.41, 5.74) is 2.50. The van der Waals surface area contributed by atoms with Crippen LogP contribution in [-0.2, 0) is 11.2 Å². The fourth-order valence-electron chi connectivity index (χ4n) is 2.59. The zero-order valence-corrected chi connectivity index (χ0v) is 10.2. The van der Waals surface area contributed by atoms with Gasteiger partial charge in [-0.1, -0.05) is 6.07 Å². The van der Waals surface area contributed by atoms with Crippen LogP contribution < -0.4 is 0 Å². The van der Waals surface area contributed by atoms with Crippen LogP contribution in [0.5, 0.6) is 0 Å². The monoisotopic (exact) mass is 230 g/mol. The molecule has 90 valence electrons. The topological polar surface area (TPSA) is 26.5 Å². The SMILES string of the molecule is Cc1cccn2c(CC3CCCOC3)ncc12. The summed E-state index contributed by atoms with van der Waals surface area (Å²) in [6.07, 6.45) is 7.56. The lowest BCUT2D eigenvalue weighted by atomic mass is 9.98. The number of nitrogens with zero attached hydrogens (tertiary/aromatic N) is 2. The number of aromatic nitrogens is 2. The van der Waals surface area contributed by atoms with E-state index in [0.29, 0.717) is 5.92 Å². The fourth-order valence-corrected chi connectivity index (χ4v) is 2.59. The summed E-state index contributed by atoms with van der Waals surface area (Å²) in [7, 11) is 0. The summed E-state index contributed by atoms with van der Waals surface area (Å²) in [5, 5.41) is 0. The Kier molecular flexibility index (Phi) is 2.85. The molecule has 3 rings (SSSR count). The van der Waals surface area contributed by atoms with Crippen LogP contribution in [0.1, 0.15) is 24.2 Å². The highest BCUT2D eigenvalue weighted by molar-refractivity contribution is 5.53. The average Bonchev–Trinajstić information content (AvgIpc) is 2.76. The Morgan fingerprint density at radius 1 is 1.53 bits per heavy atom. The maximum atomic E-state index is 5.53. The van der Waals surface area contributed by atoms with Gasteiger partial charge in [0.05, 0.1) is 11.7 Å². The van der Waals surface area contributed by atoms with E-state index in [0.717, 1.165) is 19.6 Å². The van der Waals surface area contributed by atoms with Gasteiger partial charge in [0, 0.05) is 25.8 Å². The second-order valence-corrected chi connectivity index (χ2v) is 4.91. The molecule has 0 amide bonds. The van der Waals surface area contributed by atoms with Gasteiger partial charge < -0.3 is 9.14 Å².